The predicted octanol–water partition coefficient (Wildman–Crippen LogP) is 1.24. The van der Waals surface area contributed by atoms with Gasteiger partial charge >= 0.3 is 5.69 Å². The minimum atomic E-state index is -0.737. The van der Waals surface area contributed by atoms with Crippen molar-refractivity contribution in [3.8, 4) is 5.88 Å². The van der Waals surface area contributed by atoms with Crippen molar-refractivity contribution in [1.82, 2.24) is 14.6 Å². The van der Waals surface area contributed by atoms with Crippen LogP contribution in [-0.2, 0) is 11.8 Å². The molecule has 0 bridgehead atoms. The third-order valence-corrected chi connectivity index (χ3v) is 4.60. The van der Waals surface area contributed by atoms with E-state index >= 15 is 0 Å². The monoisotopic (exact) mass is 406 g/mol. The highest BCUT2D eigenvalue weighted by atomic mass is 79.9. The molecule has 0 saturated heterocycles. The molecule has 0 aliphatic carbocycles. The molecule has 1 aromatic heterocycles. The Morgan fingerprint density at radius 1 is 1.32 bits per heavy atom. The standard InChI is InChI=1S/C16H15BrN4O4/c1-8(22)21-12(9-3-5-10(17)6-4-9)7-11(19-21)13-14(23)18-16(25)20(2)15(13)24/h3-6,12,24H,7H2,1-2H3,(H,18,23,25). The molecule has 1 aliphatic heterocycles. The number of carbonyl (C=O) groups excluding carboxylic acids is 1. The van der Waals surface area contributed by atoms with Gasteiger partial charge in [0.05, 0.1) is 11.8 Å². The zero-order valence-electron chi connectivity index (χ0n) is 13.5. The van der Waals surface area contributed by atoms with E-state index in [2.05, 4.69) is 26.0 Å². The van der Waals surface area contributed by atoms with Crippen LogP contribution in [0.3, 0.4) is 0 Å². The molecular weight excluding hydrogens is 392 g/mol. The van der Waals surface area contributed by atoms with Crippen LogP contribution in [-0.4, -0.2) is 31.3 Å². The molecule has 3 rings (SSSR count). The number of halogens is 1. The molecule has 2 N–H and O–H groups in total. The Morgan fingerprint density at radius 2 is 1.96 bits per heavy atom. The molecule has 1 atom stereocenters. The Kier molecular flexibility index (Phi) is 4.34. The van der Waals surface area contributed by atoms with Gasteiger partial charge in [-0.2, -0.15) is 5.10 Å². The lowest BCUT2D eigenvalue weighted by Gasteiger charge is -2.20. The van der Waals surface area contributed by atoms with Crippen molar-refractivity contribution in [2.45, 2.75) is 19.4 Å². The Morgan fingerprint density at radius 3 is 2.56 bits per heavy atom. The third kappa shape index (κ3) is 3.02. The highest BCUT2D eigenvalue weighted by molar-refractivity contribution is 9.10. The van der Waals surface area contributed by atoms with Gasteiger partial charge in [-0.3, -0.25) is 19.1 Å². The second-order valence-electron chi connectivity index (χ2n) is 5.70. The molecule has 1 amide bonds. The number of rotatable bonds is 2. The SMILES string of the molecule is CC(=O)N1N=C(c2c(O)n(C)c(=O)[nH]c2=O)CC1c1ccc(Br)cc1. The first-order valence-electron chi connectivity index (χ1n) is 7.45. The van der Waals surface area contributed by atoms with Crippen molar-refractivity contribution in [2.24, 2.45) is 12.1 Å². The maximum Gasteiger partial charge on any atom is 0.330 e. The zero-order valence-corrected chi connectivity index (χ0v) is 15.1. The van der Waals surface area contributed by atoms with E-state index in [-0.39, 0.29) is 23.6 Å². The lowest BCUT2D eigenvalue weighted by atomic mass is 9.99. The first-order valence-corrected chi connectivity index (χ1v) is 8.24. The van der Waals surface area contributed by atoms with Crippen LogP contribution in [0.5, 0.6) is 5.88 Å². The van der Waals surface area contributed by atoms with Crippen LogP contribution < -0.4 is 11.2 Å². The van der Waals surface area contributed by atoms with Gasteiger partial charge in [-0.15, -0.1) is 0 Å². The molecule has 0 spiro atoms. The number of nitrogens with one attached hydrogen (secondary N) is 1. The number of H-pyrrole nitrogens is 1. The minimum Gasteiger partial charge on any atom is -0.494 e. The van der Waals surface area contributed by atoms with Gasteiger partial charge in [0.1, 0.15) is 5.56 Å². The van der Waals surface area contributed by atoms with Gasteiger partial charge < -0.3 is 5.11 Å². The lowest BCUT2D eigenvalue weighted by Crippen LogP contribution is -2.32. The summed E-state index contributed by atoms with van der Waals surface area (Å²) in [5.74, 6) is -0.767. The zero-order chi connectivity index (χ0) is 18.3. The van der Waals surface area contributed by atoms with Gasteiger partial charge in [0, 0.05) is 24.9 Å². The largest absolute Gasteiger partial charge is 0.494 e. The van der Waals surface area contributed by atoms with Crippen molar-refractivity contribution >= 4 is 27.5 Å². The van der Waals surface area contributed by atoms with Gasteiger partial charge in [-0.1, -0.05) is 28.1 Å². The molecule has 0 radical (unpaired) electrons. The molecule has 9 heteroatoms. The van der Waals surface area contributed by atoms with E-state index in [9.17, 15) is 19.5 Å². The Bertz CT molecular complexity index is 991. The summed E-state index contributed by atoms with van der Waals surface area (Å²) in [5.41, 5.74) is -0.472. The van der Waals surface area contributed by atoms with E-state index in [4.69, 9.17) is 0 Å². The number of amides is 1. The molecule has 8 nitrogen and oxygen atoms in total. The fourth-order valence-electron chi connectivity index (χ4n) is 2.77. The molecule has 0 fully saturated rings. The number of hydrazone groups is 1. The van der Waals surface area contributed by atoms with Crippen molar-refractivity contribution < 1.29 is 9.90 Å². The molecule has 2 aromatic rings. The van der Waals surface area contributed by atoms with E-state index in [0.717, 1.165) is 14.6 Å². The highest BCUT2D eigenvalue weighted by Crippen LogP contribution is 2.33. The van der Waals surface area contributed by atoms with E-state index in [1.165, 1.54) is 19.0 Å². The number of nitrogens with zero attached hydrogens (tertiary/aromatic N) is 3. The van der Waals surface area contributed by atoms with Gasteiger partial charge in [0.2, 0.25) is 11.8 Å². The first-order chi connectivity index (χ1) is 11.8. The van der Waals surface area contributed by atoms with Gasteiger partial charge in [-0.25, -0.2) is 9.80 Å². The van der Waals surface area contributed by atoms with Crippen molar-refractivity contribution in [1.29, 1.82) is 0 Å². The molecule has 25 heavy (non-hydrogen) atoms. The number of hydrogen-bond donors (Lipinski definition) is 2. The number of benzene rings is 1. The van der Waals surface area contributed by atoms with Gasteiger partial charge in [0.15, 0.2) is 0 Å². The fraction of sp³-hybridized carbons (Fsp3) is 0.250. The number of hydrogen-bond acceptors (Lipinski definition) is 5. The number of aromatic hydroxyl groups is 1. The summed E-state index contributed by atoms with van der Waals surface area (Å²) >= 11 is 3.36. The number of aromatic nitrogens is 2. The summed E-state index contributed by atoms with van der Waals surface area (Å²) in [4.78, 5) is 37.8. The normalized spacial score (nSPS) is 16.8. The van der Waals surface area contributed by atoms with Crippen LogP contribution in [0.2, 0.25) is 0 Å². The lowest BCUT2D eigenvalue weighted by molar-refractivity contribution is -0.130. The molecule has 1 aromatic carbocycles. The summed E-state index contributed by atoms with van der Waals surface area (Å²) in [6, 6.07) is 7.02. The summed E-state index contributed by atoms with van der Waals surface area (Å²) in [5, 5.41) is 15.7. The van der Waals surface area contributed by atoms with Crippen LogP contribution in [0.25, 0.3) is 0 Å². The predicted molar refractivity (Wildman–Crippen MR) is 94.5 cm³/mol. The minimum absolute atomic E-state index is 0.104. The molecule has 1 unspecified atom stereocenters. The van der Waals surface area contributed by atoms with Crippen molar-refractivity contribution in [2.75, 3.05) is 0 Å². The molecular formula is C16H15BrN4O4. The van der Waals surface area contributed by atoms with Gasteiger partial charge in [-0.05, 0) is 17.7 Å². The number of aromatic amines is 1. The average molecular weight is 407 g/mol. The van der Waals surface area contributed by atoms with Crippen molar-refractivity contribution in [3.63, 3.8) is 0 Å². The Balaban J connectivity index is 2.08. The molecule has 130 valence electrons. The Labute approximate surface area is 150 Å². The topological polar surface area (TPSA) is 108 Å². The van der Waals surface area contributed by atoms with E-state index in [1.807, 2.05) is 24.3 Å². The summed E-state index contributed by atoms with van der Waals surface area (Å²) in [6.07, 6.45) is 0.246. The summed E-state index contributed by atoms with van der Waals surface area (Å²) < 4.78 is 1.82. The smallest absolute Gasteiger partial charge is 0.330 e. The second kappa shape index (κ2) is 6.32. The highest BCUT2D eigenvalue weighted by Gasteiger charge is 2.34. The van der Waals surface area contributed by atoms with E-state index in [1.54, 1.807) is 0 Å². The average Bonchev–Trinajstić information content (AvgIpc) is 2.98. The van der Waals surface area contributed by atoms with Crippen LogP contribution in [0.15, 0.2) is 43.4 Å². The van der Waals surface area contributed by atoms with Gasteiger partial charge in [0.25, 0.3) is 5.56 Å². The quantitative estimate of drug-likeness (QED) is 0.781. The van der Waals surface area contributed by atoms with Crippen molar-refractivity contribution in [3.05, 3.63) is 60.7 Å². The molecule has 2 heterocycles. The number of carbonyl (C=O) groups is 1. The summed E-state index contributed by atoms with van der Waals surface area (Å²) in [7, 11) is 1.33. The summed E-state index contributed by atoms with van der Waals surface area (Å²) in [6.45, 7) is 1.38. The van der Waals surface area contributed by atoms with Crippen LogP contribution in [0, 0.1) is 0 Å². The van der Waals surface area contributed by atoms with Crippen LogP contribution in [0.4, 0.5) is 0 Å². The van der Waals surface area contributed by atoms with Crippen LogP contribution in [0.1, 0.15) is 30.5 Å². The second-order valence-corrected chi connectivity index (χ2v) is 6.61. The maximum atomic E-state index is 12.1. The molecule has 0 saturated carbocycles. The van der Waals surface area contributed by atoms with Crippen LogP contribution >= 0.6 is 15.9 Å². The third-order valence-electron chi connectivity index (χ3n) is 4.07. The maximum absolute atomic E-state index is 12.1. The van der Waals surface area contributed by atoms with E-state index in [0.29, 0.717) is 0 Å². The molecule has 1 aliphatic rings. The first kappa shape index (κ1) is 17.2. The Hall–Kier alpha value is -2.68. The van der Waals surface area contributed by atoms with E-state index < -0.39 is 23.2 Å². The fourth-order valence-corrected chi connectivity index (χ4v) is 3.03.